The lowest BCUT2D eigenvalue weighted by atomic mass is 10.2. The Morgan fingerprint density at radius 3 is 2.57 bits per heavy atom. The molecule has 0 saturated heterocycles. The van der Waals surface area contributed by atoms with Crippen molar-refractivity contribution >= 4 is 45.9 Å². The molecule has 2 aromatic carbocycles. The molecule has 8 heteroatoms. The maximum Gasteiger partial charge on any atom is 0.234 e. The number of ether oxygens (including phenoxy) is 1. The lowest BCUT2D eigenvalue weighted by molar-refractivity contribution is -0.113. The van der Waals surface area contributed by atoms with Gasteiger partial charge in [0.05, 0.1) is 12.9 Å². The highest BCUT2D eigenvalue weighted by Gasteiger charge is 2.15. The fraction of sp³-hybridized carbons (Fsp3) is 0.150. The molecule has 0 aliphatic heterocycles. The van der Waals surface area contributed by atoms with Gasteiger partial charge in [-0.25, -0.2) is 0 Å². The lowest BCUT2D eigenvalue weighted by Crippen LogP contribution is -2.14. The molecule has 144 valence electrons. The fourth-order valence-electron chi connectivity index (χ4n) is 2.50. The predicted molar refractivity (Wildman–Crippen MR) is 121 cm³/mol. The van der Waals surface area contributed by atoms with Crippen LogP contribution in [0.3, 0.4) is 0 Å². The molecule has 0 bridgehead atoms. The zero-order valence-electron chi connectivity index (χ0n) is 15.3. The first-order chi connectivity index (χ1) is 13.6. The van der Waals surface area contributed by atoms with Crippen LogP contribution in [0, 0.1) is 3.57 Å². The molecule has 3 aromatic rings. The molecule has 0 aliphatic carbocycles. The Labute approximate surface area is 181 Å². The van der Waals surface area contributed by atoms with E-state index in [9.17, 15) is 4.79 Å². The van der Waals surface area contributed by atoms with E-state index in [0.717, 1.165) is 26.4 Å². The number of anilines is 1. The van der Waals surface area contributed by atoms with E-state index in [4.69, 9.17) is 4.74 Å². The molecule has 0 atom stereocenters. The highest BCUT2D eigenvalue weighted by atomic mass is 127. The van der Waals surface area contributed by atoms with Crippen LogP contribution in [-0.2, 0) is 11.3 Å². The number of carbonyl (C=O) groups is 1. The Bertz CT molecular complexity index is 955. The van der Waals surface area contributed by atoms with E-state index < -0.39 is 0 Å². The fourth-order valence-corrected chi connectivity index (χ4v) is 3.61. The third-order valence-corrected chi connectivity index (χ3v) is 5.52. The highest BCUT2D eigenvalue weighted by Crippen LogP contribution is 2.26. The zero-order valence-corrected chi connectivity index (χ0v) is 18.2. The summed E-state index contributed by atoms with van der Waals surface area (Å²) < 4.78 is 8.26. The largest absolute Gasteiger partial charge is 0.497 e. The number of nitrogens with one attached hydrogen (secondary N) is 1. The summed E-state index contributed by atoms with van der Waals surface area (Å²) >= 11 is 3.57. The summed E-state index contributed by atoms with van der Waals surface area (Å²) in [4.78, 5) is 12.3. The molecule has 1 aromatic heterocycles. The molecular weight excluding hydrogens is 487 g/mol. The maximum absolute atomic E-state index is 12.3. The van der Waals surface area contributed by atoms with E-state index in [-0.39, 0.29) is 11.7 Å². The van der Waals surface area contributed by atoms with Crippen LogP contribution in [0.4, 0.5) is 5.69 Å². The van der Waals surface area contributed by atoms with Gasteiger partial charge in [-0.2, -0.15) is 0 Å². The topological polar surface area (TPSA) is 69.0 Å². The monoisotopic (exact) mass is 506 g/mol. The van der Waals surface area contributed by atoms with Crippen molar-refractivity contribution in [3.05, 3.63) is 64.8 Å². The van der Waals surface area contributed by atoms with Gasteiger partial charge in [0.25, 0.3) is 0 Å². The van der Waals surface area contributed by atoms with Crippen molar-refractivity contribution in [3.8, 4) is 17.1 Å². The molecule has 1 amide bonds. The van der Waals surface area contributed by atoms with Crippen molar-refractivity contribution in [2.24, 2.45) is 0 Å². The second-order valence-electron chi connectivity index (χ2n) is 5.78. The van der Waals surface area contributed by atoms with Crippen molar-refractivity contribution < 1.29 is 9.53 Å². The van der Waals surface area contributed by atoms with Crippen molar-refractivity contribution in [3.63, 3.8) is 0 Å². The van der Waals surface area contributed by atoms with Gasteiger partial charge in [-0.15, -0.1) is 16.8 Å². The van der Waals surface area contributed by atoms with Crippen LogP contribution >= 0.6 is 34.4 Å². The summed E-state index contributed by atoms with van der Waals surface area (Å²) in [6.45, 7) is 4.36. The van der Waals surface area contributed by atoms with Gasteiger partial charge in [-0.05, 0) is 71.1 Å². The third kappa shape index (κ3) is 5.14. The van der Waals surface area contributed by atoms with Crippen LogP contribution in [0.2, 0.25) is 0 Å². The quantitative estimate of drug-likeness (QED) is 0.277. The minimum atomic E-state index is -0.0923. The summed E-state index contributed by atoms with van der Waals surface area (Å²) in [5, 5.41) is 12.1. The number of hydrogen-bond acceptors (Lipinski definition) is 5. The SMILES string of the molecule is C=CCn1c(SCC(=O)Nc2ccc(I)cc2)nnc1-c1ccc(OC)cc1. The van der Waals surface area contributed by atoms with Gasteiger partial charge in [0, 0.05) is 21.4 Å². The van der Waals surface area contributed by atoms with E-state index in [1.54, 1.807) is 13.2 Å². The van der Waals surface area contributed by atoms with E-state index >= 15 is 0 Å². The summed E-state index contributed by atoms with van der Waals surface area (Å²) in [5.74, 6) is 1.65. The number of methoxy groups -OCH3 is 1. The predicted octanol–water partition coefficient (Wildman–Crippen LogP) is 4.48. The van der Waals surface area contributed by atoms with Crippen LogP contribution < -0.4 is 10.1 Å². The number of hydrogen-bond donors (Lipinski definition) is 1. The van der Waals surface area contributed by atoms with Gasteiger partial charge in [-0.1, -0.05) is 17.8 Å². The number of aromatic nitrogens is 3. The van der Waals surface area contributed by atoms with Crippen molar-refractivity contribution in [1.82, 2.24) is 14.8 Å². The summed E-state index contributed by atoms with van der Waals surface area (Å²) in [5.41, 5.74) is 1.70. The minimum absolute atomic E-state index is 0.0923. The third-order valence-electron chi connectivity index (χ3n) is 3.84. The maximum atomic E-state index is 12.3. The Balaban J connectivity index is 1.70. The average molecular weight is 506 g/mol. The number of nitrogens with zero attached hydrogens (tertiary/aromatic N) is 3. The second kappa shape index (κ2) is 9.74. The first-order valence-corrected chi connectivity index (χ1v) is 10.5. The lowest BCUT2D eigenvalue weighted by Gasteiger charge is -2.09. The van der Waals surface area contributed by atoms with E-state index in [1.165, 1.54) is 11.8 Å². The molecule has 0 unspecified atom stereocenters. The van der Waals surface area contributed by atoms with Crippen LogP contribution in [-0.4, -0.2) is 33.5 Å². The molecular formula is C20H19IN4O2S. The van der Waals surface area contributed by atoms with Crippen LogP contribution in [0.5, 0.6) is 5.75 Å². The van der Waals surface area contributed by atoms with E-state index in [2.05, 4.69) is 44.7 Å². The average Bonchev–Trinajstić information content (AvgIpc) is 3.11. The summed E-state index contributed by atoms with van der Waals surface area (Å²) in [6, 6.07) is 15.3. The molecule has 0 aliphatic rings. The molecule has 0 saturated carbocycles. The van der Waals surface area contributed by atoms with Gasteiger partial charge in [0.1, 0.15) is 5.75 Å². The Kier molecular flexibility index (Phi) is 7.10. The van der Waals surface area contributed by atoms with Gasteiger partial charge < -0.3 is 10.1 Å². The molecule has 28 heavy (non-hydrogen) atoms. The highest BCUT2D eigenvalue weighted by molar-refractivity contribution is 14.1. The van der Waals surface area contributed by atoms with E-state index in [0.29, 0.717) is 11.7 Å². The normalized spacial score (nSPS) is 10.5. The molecule has 0 spiro atoms. The van der Waals surface area contributed by atoms with Crippen LogP contribution in [0.1, 0.15) is 0 Å². The minimum Gasteiger partial charge on any atom is -0.497 e. The number of carbonyl (C=O) groups excluding carboxylic acids is 1. The first-order valence-electron chi connectivity index (χ1n) is 8.47. The van der Waals surface area contributed by atoms with Gasteiger partial charge in [0.15, 0.2) is 11.0 Å². The Morgan fingerprint density at radius 2 is 1.93 bits per heavy atom. The number of thioether (sulfide) groups is 1. The number of rotatable bonds is 8. The zero-order chi connectivity index (χ0) is 19.9. The van der Waals surface area contributed by atoms with E-state index in [1.807, 2.05) is 53.1 Å². The van der Waals surface area contributed by atoms with Gasteiger partial charge in [0.2, 0.25) is 5.91 Å². The first kappa shape index (κ1) is 20.4. The molecule has 1 heterocycles. The van der Waals surface area contributed by atoms with Crippen LogP contribution in [0.15, 0.2) is 66.3 Å². The number of allylic oxidation sites excluding steroid dienone is 1. The van der Waals surface area contributed by atoms with Crippen molar-refractivity contribution in [2.75, 3.05) is 18.2 Å². The van der Waals surface area contributed by atoms with Gasteiger partial charge in [-0.3, -0.25) is 9.36 Å². The number of halogens is 1. The number of benzene rings is 2. The number of amides is 1. The summed E-state index contributed by atoms with van der Waals surface area (Å²) in [7, 11) is 1.63. The Hall–Kier alpha value is -2.33. The van der Waals surface area contributed by atoms with Gasteiger partial charge >= 0.3 is 0 Å². The summed E-state index contributed by atoms with van der Waals surface area (Å²) in [6.07, 6.45) is 1.78. The molecule has 1 N–H and O–H groups in total. The molecule has 0 fully saturated rings. The molecule has 0 radical (unpaired) electrons. The molecule has 6 nitrogen and oxygen atoms in total. The Morgan fingerprint density at radius 1 is 1.21 bits per heavy atom. The van der Waals surface area contributed by atoms with Crippen molar-refractivity contribution in [1.29, 1.82) is 0 Å². The smallest absolute Gasteiger partial charge is 0.234 e. The van der Waals surface area contributed by atoms with Crippen molar-refractivity contribution in [2.45, 2.75) is 11.7 Å². The van der Waals surface area contributed by atoms with Crippen LogP contribution in [0.25, 0.3) is 11.4 Å². The molecule has 3 rings (SSSR count). The standard InChI is InChI=1S/C20H19IN4O2S/c1-3-12-25-19(14-4-10-17(27-2)11-5-14)23-24-20(25)28-13-18(26)22-16-8-6-15(21)7-9-16/h3-11H,1,12-13H2,2H3,(H,22,26). The second-order valence-corrected chi connectivity index (χ2v) is 7.97.